The lowest BCUT2D eigenvalue weighted by molar-refractivity contribution is 0.340. The van der Waals surface area contributed by atoms with Crippen molar-refractivity contribution in [1.82, 2.24) is 4.98 Å². The summed E-state index contributed by atoms with van der Waals surface area (Å²) in [5.41, 5.74) is 3.28. The van der Waals surface area contributed by atoms with Crippen LogP contribution in [0, 0.1) is 0 Å². The maximum Gasteiger partial charge on any atom is 0.132 e. The smallest absolute Gasteiger partial charge is 0.132 e. The number of H-pyrrole nitrogens is 1. The Bertz CT molecular complexity index is 619. The molecule has 1 N–H and O–H groups in total. The number of hydrogen-bond donors (Lipinski definition) is 1. The van der Waals surface area contributed by atoms with Crippen LogP contribution in [0.25, 0.3) is 17.3 Å². The number of rotatable bonds is 3. The van der Waals surface area contributed by atoms with E-state index in [0.717, 1.165) is 35.5 Å². The SMILES string of the molecule is CCOc1ccc(-c2cc3c([nH]2)=NCCC=3)cc1. The highest BCUT2D eigenvalue weighted by molar-refractivity contribution is 5.60. The molecule has 0 atom stereocenters. The first kappa shape index (κ1) is 11.1. The predicted octanol–water partition coefficient (Wildman–Crippen LogP) is 1.88. The number of fused-ring (bicyclic) bond motifs is 1. The third-order valence-corrected chi connectivity index (χ3v) is 3.07. The molecule has 92 valence electrons. The van der Waals surface area contributed by atoms with Crippen LogP contribution < -0.4 is 15.4 Å². The third kappa shape index (κ3) is 2.04. The zero-order chi connectivity index (χ0) is 12.4. The first-order valence-corrected chi connectivity index (χ1v) is 6.34. The fourth-order valence-electron chi connectivity index (χ4n) is 2.20. The van der Waals surface area contributed by atoms with Crippen LogP contribution in [0.2, 0.25) is 0 Å². The maximum absolute atomic E-state index is 5.44. The lowest BCUT2D eigenvalue weighted by Gasteiger charge is -2.03. The predicted molar refractivity (Wildman–Crippen MR) is 72.1 cm³/mol. The van der Waals surface area contributed by atoms with Gasteiger partial charge in [0.05, 0.1) is 6.61 Å². The Morgan fingerprint density at radius 2 is 2.11 bits per heavy atom. The van der Waals surface area contributed by atoms with Crippen LogP contribution in [0.15, 0.2) is 35.3 Å². The molecule has 0 fully saturated rings. The highest BCUT2D eigenvalue weighted by Gasteiger charge is 2.03. The Morgan fingerprint density at radius 3 is 2.83 bits per heavy atom. The summed E-state index contributed by atoms with van der Waals surface area (Å²) in [4.78, 5) is 7.84. The van der Waals surface area contributed by atoms with Gasteiger partial charge in [-0.25, -0.2) is 0 Å². The highest BCUT2D eigenvalue weighted by Crippen LogP contribution is 2.19. The van der Waals surface area contributed by atoms with Crippen molar-refractivity contribution in [2.75, 3.05) is 13.2 Å². The lowest BCUT2D eigenvalue weighted by atomic mass is 10.1. The topological polar surface area (TPSA) is 37.4 Å². The van der Waals surface area contributed by atoms with E-state index in [1.807, 2.05) is 19.1 Å². The van der Waals surface area contributed by atoms with Crippen molar-refractivity contribution in [3.8, 4) is 17.0 Å². The minimum Gasteiger partial charge on any atom is -0.494 e. The Morgan fingerprint density at radius 1 is 1.28 bits per heavy atom. The summed E-state index contributed by atoms with van der Waals surface area (Å²) >= 11 is 0. The molecule has 0 aliphatic carbocycles. The van der Waals surface area contributed by atoms with Gasteiger partial charge in [0.25, 0.3) is 0 Å². The van der Waals surface area contributed by atoms with Crippen LogP contribution in [0.3, 0.4) is 0 Å². The average molecular weight is 240 g/mol. The number of nitrogens with zero attached hydrogens (tertiary/aromatic N) is 1. The zero-order valence-corrected chi connectivity index (χ0v) is 10.4. The molecule has 3 heteroatoms. The quantitative estimate of drug-likeness (QED) is 0.874. The zero-order valence-electron chi connectivity index (χ0n) is 10.4. The van der Waals surface area contributed by atoms with E-state index in [-0.39, 0.29) is 0 Å². The van der Waals surface area contributed by atoms with E-state index in [9.17, 15) is 0 Å². The summed E-state index contributed by atoms with van der Waals surface area (Å²) < 4.78 is 5.44. The molecule has 1 aromatic carbocycles. The van der Waals surface area contributed by atoms with Crippen LogP contribution in [0.4, 0.5) is 0 Å². The summed E-state index contributed by atoms with van der Waals surface area (Å²) in [5, 5.41) is 1.21. The first-order chi connectivity index (χ1) is 8.86. The molecular weight excluding hydrogens is 224 g/mol. The number of ether oxygens (including phenoxy) is 1. The molecule has 0 radical (unpaired) electrons. The molecule has 0 saturated carbocycles. The van der Waals surface area contributed by atoms with Gasteiger partial charge in [0.15, 0.2) is 0 Å². The normalized spacial score (nSPS) is 13.4. The molecule has 2 heterocycles. The highest BCUT2D eigenvalue weighted by atomic mass is 16.5. The van der Waals surface area contributed by atoms with Gasteiger partial charge in [0.1, 0.15) is 11.2 Å². The molecule has 1 aliphatic rings. The van der Waals surface area contributed by atoms with Crippen molar-refractivity contribution in [2.24, 2.45) is 4.99 Å². The molecule has 0 bridgehead atoms. The van der Waals surface area contributed by atoms with E-state index in [1.54, 1.807) is 0 Å². The maximum atomic E-state index is 5.44. The molecule has 0 amide bonds. The van der Waals surface area contributed by atoms with E-state index < -0.39 is 0 Å². The molecule has 1 aromatic heterocycles. The lowest BCUT2D eigenvalue weighted by Crippen LogP contribution is -2.25. The van der Waals surface area contributed by atoms with Crippen molar-refractivity contribution in [3.05, 3.63) is 41.0 Å². The average Bonchev–Trinajstić information content (AvgIpc) is 2.84. The summed E-state index contributed by atoms with van der Waals surface area (Å²) in [6.45, 7) is 3.57. The molecule has 3 nitrogen and oxygen atoms in total. The van der Waals surface area contributed by atoms with Crippen molar-refractivity contribution in [1.29, 1.82) is 0 Å². The van der Waals surface area contributed by atoms with E-state index >= 15 is 0 Å². The second kappa shape index (κ2) is 4.69. The Labute approximate surface area is 106 Å². The molecule has 18 heavy (non-hydrogen) atoms. The van der Waals surface area contributed by atoms with Gasteiger partial charge in [-0.05, 0) is 49.2 Å². The molecule has 1 aliphatic heterocycles. The second-order valence-electron chi connectivity index (χ2n) is 4.32. The van der Waals surface area contributed by atoms with Crippen LogP contribution in [0.5, 0.6) is 5.75 Å². The van der Waals surface area contributed by atoms with Gasteiger partial charge in [0.2, 0.25) is 0 Å². The van der Waals surface area contributed by atoms with Gasteiger partial charge in [-0.3, -0.25) is 4.99 Å². The van der Waals surface area contributed by atoms with Gasteiger partial charge in [-0.1, -0.05) is 6.08 Å². The van der Waals surface area contributed by atoms with Gasteiger partial charge in [0, 0.05) is 17.5 Å². The summed E-state index contributed by atoms with van der Waals surface area (Å²) in [6.07, 6.45) is 3.27. The Hall–Kier alpha value is -2.03. The minimum absolute atomic E-state index is 0.698. The minimum atomic E-state index is 0.698. The van der Waals surface area contributed by atoms with E-state index in [2.05, 4.69) is 34.3 Å². The van der Waals surface area contributed by atoms with Crippen LogP contribution in [0.1, 0.15) is 13.3 Å². The van der Waals surface area contributed by atoms with Crippen LogP contribution in [-0.4, -0.2) is 18.1 Å². The van der Waals surface area contributed by atoms with Crippen LogP contribution in [-0.2, 0) is 0 Å². The number of hydrogen-bond acceptors (Lipinski definition) is 2. The fourth-order valence-corrected chi connectivity index (χ4v) is 2.20. The fraction of sp³-hybridized carbons (Fsp3) is 0.267. The summed E-state index contributed by atoms with van der Waals surface area (Å²) in [5.74, 6) is 0.911. The monoisotopic (exact) mass is 240 g/mol. The van der Waals surface area contributed by atoms with E-state index in [1.165, 1.54) is 5.22 Å². The summed E-state index contributed by atoms with van der Waals surface area (Å²) in [7, 11) is 0. The number of aromatic amines is 1. The molecule has 2 aromatic rings. The molecule has 0 saturated heterocycles. The van der Waals surface area contributed by atoms with Crippen molar-refractivity contribution in [3.63, 3.8) is 0 Å². The van der Waals surface area contributed by atoms with Crippen molar-refractivity contribution in [2.45, 2.75) is 13.3 Å². The van der Waals surface area contributed by atoms with Crippen molar-refractivity contribution < 1.29 is 4.74 Å². The van der Waals surface area contributed by atoms with E-state index in [4.69, 9.17) is 4.74 Å². The van der Waals surface area contributed by atoms with Gasteiger partial charge < -0.3 is 9.72 Å². The number of aromatic nitrogens is 1. The van der Waals surface area contributed by atoms with Crippen LogP contribution >= 0.6 is 0 Å². The van der Waals surface area contributed by atoms with Gasteiger partial charge >= 0.3 is 0 Å². The Balaban J connectivity index is 1.97. The van der Waals surface area contributed by atoms with Gasteiger partial charge in [-0.15, -0.1) is 0 Å². The standard InChI is InChI=1S/C15H16N2O/c1-2-18-13-7-5-11(6-8-13)14-10-12-4-3-9-16-15(12)17-14/h4-8,10H,2-3,9H2,1H3,(H,16,17). The molecular formula is C15H16N2O. The van der Waals surface area contributed by atoms with Crippen molar-refractivity contribution >= 4 is 6.08 Å². The second-order valence-corrected chi connectivity index (χ2v) is 4.32. The molecule has 0 unspecified atom stereocenters. The number of benzene rings is 1. The molecule has 3 rings (SSSR count). The Kier molecular flexibility index (Phi) is 2.89. The van der Waals surface area contributed by atoms with Gasteiger partial charge in [-0.2, -0.15) is 0 Å². The van der Waals surface area contributed by atoms with E-state index in [0.29, 0.717) is 6.61 Å². The largest absolute Gasteiger partial charge is 0.494 e. The summed E-state index contributed by atoms with van der Waals surface area (Å²) in [6, 6.07) is 10.3. The molecule has 0 spiro atoms. The number of nitrogens with one attached hydrogen (secondary N) is 1. The third-order valence-electron chi connectivity index (χ3n) is 3.07. The first-order valence-electron chi connectivity index (χ1n) is 6.34.